The van der Waals surface area contributed by atoms with Crippen molar-refractivity contribution in [1.29, 1.82) is 0 Å². The lowest BCUT2D eigenvalue weighted by atomic mass is 10.0. The second-order valence-corrected chi connectivity index (χ2v) is 5.96. The largest absolute Gasteiger partial charge is 0.507 e. The van der Waals surface area contributed by atoms with E-state index in [-0.39, 0.29) is 11.7 Å². The zero-order valence-electron chi connectivity index (χ0n) is 10.6. The first-order valence-electron chi connectivity index (χ1n) is 6.33. The van der Waals surface area contributed by atoms with Gasteiger partial charge in [-0.3, -0.25) is 4.79 Å². The Hall–Kier alpha value is -1.16. The van der Waals surface area contributed by atoms with Gasteiger partial charge in [0.05, 0.1) is 5.56 Å². The van der Waals surface area contributed by atoms with Gasteiger partial charge in [0, 0.05) is 6.54 Å². The van der Waals surface area contributed by atoms with Crippen molar-refractivity contribution in [2.45, 2.75) is 19.8 Å². The quantitative estimate of drug-likeness (QED) is 0.883. The van der Waals surface area contributed by atoms with Crippen LogP contribution in [0.1, 0.15) is 28.8 Å². The zero-order valence-corrected chi connectivity index (χ0v) is 11.4. The number of carbonyl (C=O) groups is 1. The maximum atomic E-state index is 12.0. The molecule has 2 rings (SSSR count). The lowest BCUT2D eigenvalue weighted by molar-refractivity contribution is 0.0943. The molecule has 0 radical (unpaired) electrons. The highest BCUT2D eigenvalue weighted by Crippen LogP contribution is 2.23. The molecule has 0 unspecified atom stereocenters. The number of amides is 1. The molecule has 1 fully saturated rings. The molecule has 98 valence electrons. The molecule has 0 aromatic heterocycles. The fraction of sp³-hybridized carbons (Fsp3) is 0.500. The number of nitrogens with one attached hydrogen (secondary N) is 1. The third-order valence-corrected chi connectivity index (χ3v) is 4.42. The molecule has 1 aliphatic rings. The average Bonchev–Trinajstić information content (AvgIpc) is 2.40. The van der Waals surface area contributed by atoms with Gasteiger partial charge in [-0.15, -0.1) is 0 Å². The highest BCUT2D eigenvalue weighted by Gasteiger charge is 2.17. The van der Waals surface area contributed by atoms with E-state index in [0.717, 1.165) is 5.56 Å². The van der Waals surface area contributed by atoms with E-state index in [1.807, 2.05) is 11.8 Å². The summed E-state index contributed by atoms with van der Waals surface area (Å²) in [5, 5.41) is 12.8. The third-order valence-electron chi connectivity index (χ3n) is 3.37. The van der Waals surface area contributed by atoms with Gasteiger partial charge in [0.1, 0.15) is 5.75 Å². The second kappa shape index (κ2) is 6.14. The van der Waals surface area contributed by atoms with Crippen LogP contribution in [0.2, 0.25) is 0 Å². The first-order chi connectivity index (χ1) is 8.68. The summed E-state index contributed by atoms with van der Waals surface area (Å²) < 4.78 is 0. The van der Waals surface area contributed by atoms with Crippen molar-refractivity contribution in [3.63, 3.8) is 0 Å². The topological polar surface area (TPSA) is 49.3 Å². The minimum absolute atomic E-state index is 0.0919. The van der Waals surface area contributed by atoms with Gasteiger partial charge >= 0.3 is 0 Å². The SMILES string of the molecule is Cc1cccc(C(=O)NCC2CCSCC2)c1O. The van der Waals surface area contributed by atoms with E-state index < -0.39 is 0 Å². The molecule has 1 amide bonds. The van der Waals surface area contributed by atoms with Gasteiger partial charge in [0.25, 0.3) is 5.91 Å². The lowest BCUT2D eigenvalue weighted by Gasteiger charge is -2.21. The van der Waals surface area contributed by atoms with Gasteiger partial charge in [-0.1, -0.05) is 12.1 Å². The van der Waals surface area contributed by atoms with Crippen LogP contribution in [0.25, 0.3) is 0 Å². The number of benzene rings is 1. The van der Waals surface area contributed by atoms with E-state index in [1.54, 1.807) is 25.1 Å². The van der Waals surface area contributed by atoms with Crippen LogP contribution in [0, 0.1) is 12.8 Å². The van der Waals surface area contributed by atoms with Crippen molar-refractivity contribution in [1.82, 2.24) is 5.32 Å². The van der Waals surface area contributed by atoms with E-state index in [9.17, 15) is 9.90 Å². The van der Waals surface area contributed by atoms with Crippen molar-refractivity contribution in [3.05, 3.63) is 29.3 Å². The number of aryl methyl sites for hydroxylation is 1. The van der Waals surface area contributed by atoms with Crippen LogP contribution in [0.15, 0.2) is 18.2 Å². The number of phenolic OH excluding ortho intramolecular Hbond substituents is 1. The first kappa shape index (κ1) is 13.3. The van der Waals surface area contributed by atoms with Crippen molar-refractivity contribution < 1.29 is 9.90 Å². The molecule has 1 aliphatic heterocycles. The molecule has 1 aromatic carbocycles. The van der Waals surface area contributed by atoms with Gasteiger partial charge < -0.3 is 10.4 Å². The maximum Gasteiger partial charge on any atom is 0.255 e. The van der Waals surface area contributed by atoms with Crippen molar-refractivity contribution in [2.24, 2.45) is 5.92 Å². The Morgan fingerprint density at radius 2 is 2.17 bits per heavy atom. The monoisotopic (exact) mass is 265 g/mol. The molecule has 0 spiro atoms. The Labute approximate surface area is 112 Å². The standard InChI is InChI=1S/C14H19NO2S/c1-10-3-2-4-12(13(10)16)14(17)15-9-11-5-7-18-8-6-11/h2-4,11,16H,5-9H2,1H3,(H,15,17). The minimum atomic E-state index is -0.172. The van der Waals surface area contributed by atoms with Gasteiger partial charge in [-0.25, -0.2) is 0 Å². The normalized spacial score (nSPS) is 16.5. The highest BCUT2D eigenvalue weighted by atomic mass is 32.2. The van der Waals surface area contributed by atoms with Crippen LogP contribution < -0.4 is 5.32 Å². The number of aromatic hydroxyl groups is 1. The summed E-state index contributed by atoms with van der Waals surface area (Å²) in [5.74, 6) is 2.89. The molecule has 1 heterocycles. The highest BCUT2D eigenvalue weighted by molar-refractivity contribution is 7.99. The summed E-state index contributed by atoms with van der Waals surface area (Å²) >= 11 is 1.98. The van der Waals surface area contributed by atoms with Crippen molar-refractivity contribution >= 4 is 17.7 Å². The molecule has 0 bridgehead atoms. The molecule has 4 heteroatoms. The lowest BCUT2D eigenvalue weighted by Crippen LogP contribution is -2.31. The van der Waals surface area contributed by atoms with Gasteiger partial charge in [-0.2, -0.15) is 11.8 Å². The average molecular weight is 265 g/mol. The van der Waals surface area contributed by atoms with E-state index in [4.69, 9.17) is 0 Å². The number of thioether (sulfide) groups is 1. The van der Waals surface area contributed by atoms with E-state index in [1.165, 1.54) is 24.3 Å². The number of hydrogen-bond donors (Lipinski definition) is 2. The van der Waals surface area contributed by atoms with Gasteiger partial charge in [0.2, 0.25) is 0 Å². The molecule has 1 saturated heterocycles. The molecule has 0 saturated carbocycles. The van der Waals surface area contributed by atoms with E-state index in [0.29, 0.717) is 18.0 Å². The first-order valence-corrected chi connectivity index (χ1v) is 7.48. The summed E-state index contributed by atoms with van der Waals surface area (Å²) in [6.07, 6.45) is 2.34. The fourth-order valence-electron chi connectivity index (χ4n) is 2.12. The zero-order chi connectivity index (χ0) is 13.0. The molecule has 3 nitrogen and oxygen atoms in total. The number of hydrogen-bond acceptors (Lipinski definition) is 3. The Kier molecular flexibility index (Phi) is 4.53. The molecule has 0 atom stereocenters. The molecular weight excluding hydrogens is 246 g/mol. The van der Waals surface area contributed by atoms with Crippen LogP contribution in [0.5, 0.6) is 5.75 Å². The second-order valence-electron chi connectivity index (χ2n) is 4.74. The summed E-state index contributed by atoms with van der Waals surface area (Å²) in [4.78, 5) is 12.0. The predicted octanol–water partition coefficient (Wildman–Crippen LogP) is 2.57. The number of phenols is 1. The van der Waals surface area contributed by atoms with Crippen LogP contribution in [0.4, 0.5) is 0 Å². The molecular formula is C14H19NO2S. The third kappa shape index (κ3) is 3.19. The Balaban J connectivity index is 1.93. The molecule has 18 heavy (non-hydrogen) atoms. The summed E-state index contributed by atoms with van der Waals surface area (Å²) in [6, 6.07) is 5.25. The minimum Gasteiger partial charge on any atom is -0.507 e. The van der Waals surface area contributed by atoms with E-state index in [2.05, 4.69) is 5.32 Å². The van der Waals surface area contributed by atoms with Crippen LogP contribution >= 0.6 is 11.8 Å². The summed E-state index contributed by atoms with van der Waals surface area (Å²) in [7, 11) is 0. The van der Waals surface area contributed by atoms with Crippen LogP contribution in [0.3, 0.4) is 0 Å². The number of carbonyl (C=O) groups excluding carboxylic acids is 1. The molecule has 0 aliphatic carbocycles. The van der Waals surface area contributed by atoms with Gasteiger partial charge in [0.15, 0.2) is 0 Å². The number of para-hydroxylation sites is 1. The molecule has 2 N–H and O–H groups in total. The fourth-order valence-corrected chi connectivity index (χ4v) is 3.33. The van der Waals surface area contributed by atoms with Gasteiger partial charge in [-0.05, 0) is 48.8 Å². The van der Waals surface area contributed by atoms with Crippen molar-refractivity contribution in [2.75, 3.05) is 18.1 Å². The van der Waals surface area contributed by atoms with Crippen molar-refractivity contribution in [3.8, 4) is 5.75 Å². The Morgan fingerprint density at radius 3 is 2.89 bits per heavy atom. The smallest absolute Gasteiger partial charge is 0.255 e. The van der Waals surface area contributed by atoms with E-state index >= 15 is 0 Å². The number of rotatable bonds is 3. The Morgan fingerprint density at radius 1 is 1.44 bits per heavy atom. The summed E-state index contributed by atoms with van der Waals surface area (Å²) in [5.41, 5.74) is 1.11. The van der Waals surface area contributed by atoms with Crippen LogP contribution in [-0.4, -0.2) is 29.1 Å². The predicted molar refractivity (Wildman–Crippen MR) is 75.2 cm³/mol. The summed E-state index contributed by atoms with van der Waals surface area (Å²) in [6.45, 7) is 2.51. The maximum absolute atomic E-state index is 12.0. The Bertz CT molecular complexity index is 428. The molecule has 1 aromatic rings. The van der Waals surface area contributed by atoms with Crippen LogP contribution in [-0.2, 0) is 0 Å².